The number of allylic oxidation sites excluding steroid dienone is 1. The molecule has 0 aliphatic heterocycles. The highest BCUT2D eigenvalue weighted by Crippen LogP contribution is 2.33. The van der Waals surface area contributed by atoms with Crippen molar-refractivity contribution < 1.29 is 15.3 Å². The summed E-state index contributed by atoms with van der Waals surface area (Å²) in [4.78, 5) is 4.06. The highest BCUT2D eigenvalue weighted by atomic mass is 19.1. The third-order valence-electron chi connectivity index (χ3n) is 5.46. The molecule has 2 N–H and O–H groups in total. The Bertz CT molecular complexity index is 823. The van der Waals surface area contributed by atoms with Gasteiger partial charge in [0.05, 0.1) is 13.7 Å². The van der Waals surface area contributed by atoms with Crippen molar-refractivity contribution >= 4 is 11.4 Å². The number of pyridine rings is 1. The van der Waals surface area contributed by atoms with Crippen molar-refractivity contribution in [3.8, 4) is 11.5 Å². The number of aromatic nitrogens is 1. The van der Waals surface area contributed by atoms with E-state index in [1.54, 1.807) is 25.4 Å². The van der Waals surface area contributed by atoms with Crippen LogP contribution in [0.4, 0.5) is 10.2 Å². The Kier molecular flexibility index (Phi) is 6.90. The number of anilines is 1. The molecule has 28 heavy (non-hydrogen) atoms. The quantitative estimate of drug-likeness (QED) is 0.636. The van der Waals surface area contributed by atoms with Crippen LogP contribution in [0, 0.1) is 11.7 Å². The summed E-state index contributed by atoms with van der Waals surface area (Å²) in [5.41, 5.74) is 7.83. The first-order valence-electron chi connectivity index (χ1n) is 9.96. The molecule has 0 radical (unpaired) electrons. The van der Waals surface area contributed by atoms with Gasteiger partial charge in [-0.1, -0.05) is 38.7 Å². The molecule has 0 unspecified atom stereocenters. The molecule has 1 aromatic heterocycles. The number of benzene rings is 1. The second kappa shape index (κ2) is 9.58. The van der Waals surface area contributed by atoms with E-state index in [1.165, 1.54) is 38.2 Å². The van der Waals surface area contributed by atoms with Crippen LogP contribution < -0.4 is 15.2 Å². The zero-order valence-corrected chi connectivity index (χ0v) is 16.5. The van der Waals surface area contributed by atoms with Gasteiger partial charge in [-0.3, -0.25) is 0 Å². The predicted molar refractivity (Wildman–Crippen MR) is 113 cm³/mol. The molecular formula is C23H31FN2O2. The summed E-state index contributed by atoms with van der Waals surface area (Å²) in [6, 6.07) is 6.72. The van der Waals surface area contributed by atoms with Gasteiger partial charge in [-0.25, -0.2) is 9.37 Å². The zero-order valence-electron chi connectivity index (χ0n) is 16.5. The predicted octanol–water partition coefficient (Wildman–Crippen LogP) is 5.66. The lowest BCUT2D eigenvalue weighted by Gasteiger charge is -2.21. The molecule has 2 aromatic rings. The average molecular weight is 387 g/mol. The van der Waals surface area contributed by atoms with Gasteiger partial charge < -0.3 is 15.2 Å². The summed E-state index contributed by atoms with van der Waals surface area (Å²) in [5, 5.41) is 0. The number of nitrogens with two attached hydrogens (primary N) is 1. The summed E-state index contributed by atoms with van der Waals surface area (Å²) >= 11 is 0. The van der Waals surface area contributed by atoms with Crippen molar-refractivity contribution in [3.63, 3.8) is 0 Å². The van der Waals surface area contributed by atoms with Crippen LogP contribution in [0.1, 0.15) is 51.1 Å². The van der Waals surface area contributed by atoms with E-state index in [9.17, 15) is 4.39 Å². The van der Waals surface area contributed by atoms with Crippen molar-refractivity contribution in [1.82, 2.24) is 4.98 Å². The lowest BCUT2D eigenvalue weighted by atomic mass is 9.87. The van der Waals surface area contributed by atoms with E-state index in [1.807, 2.05) is 6.07 Å². The van der Waals surface area contributed by atoms with Crippen LogP contribution in [0.2, 0.25) is 0 Å². The summed E-state index contributed by atoms with van der Waals surface area (Å²) in [7, 11) is 1.57. The molecule has 1 heterocycles. The lowest BCUT2D eigenvalue weighted by molar-refractivity contribution is 0.237. The minimum atomic E-state index is -0.336. The Morgan fingerprint density at radius 1 is 1.29 bits per heavy atom. The van der Waals surface area contributed by atoms with Crippen LogP contribution in [-0.4, -0.2) is 18.7 Å². The Labute approximate surface area is 168 Å². The summed E-state index contributed by atoms with van der Waals surface area (Å²) in [6.45, 7) is 4.62. The number of hydrogen-bond donors (Lipinski definition) is 1. The van der Waals surface area contributed by atoms with Gasteiger partial charge in [-0.15, -0.1) is 0 Å². The van der Waals surface area contributed by atoms with Gasteiger partial charge in [-0.05, 0) is 41.7 Å². The Balaban J connectivity index is 0.00000300. The van der Waals surface area contributed by atoms with E-state index < -0.39 is 0 Å². The van der Waals surface area contributed by atoms with E-state index in [-0.39, 0.29) is 7.24 Å². The standard InChI is InChI=1S/C23H29FN2O2.H2/c1-16(19-9-6-11-26-23(19)25)13-18-14-21(27-2)22(15-20(18)24)28-12-10-17-7-4-3-5-8-17;/h6,9,11,14-15,17H,1,3-5,7-8,10,12-13H2,2H3,(H2,25,26);1H. The average Bonchev–Trinajstić information content (AvgIpc) is 2.71. The van der Waals surface area contributed by atoms with Gasteiger partial charge in [0.1, 0.15) is 11.6 Å². The van der Waals surface area contributed by atoms with Crippen LogP contribution in [-0.2, 0) is 6.42 Å². The van der Waals surface area contributed by atoms with Gasteiger partial charge in [-0.2, -0.15) is 0 Å². The Morgan fingerprint density at radius 2 is 2.07 bits per heavy atom. The Morgan fingerprint density at radius 3 is 2.79 bits per heavy atom. The summed E-state index contributed by atoms with van der Waals surface area (Å²) in [6.07, 6.45) is 9.44. The highest BCUT2D eigenvalue weighted by molar-refractivity contribution is 5.73. The lowest BCUT2D eigenvalue weighted by Crippen LogP contribution is -2.11. The smallest absolute Gasteiger partial charge is 0.164 e. The number of nitrogens with zero attached hydrogens (tertiary/aromatic N) is 1. The molecule has 1 saturated carbocycles. The minimum Gasteiger partial charge on any atom is -0.493 e. The Hall–Kier alpha value is -2.56. The van der Waals surface area contributed by atoms with Crippen LogP contribution in [0.5, 0.6) is 11.5 Å². The molecule has 4 nitrogen and oxygen atoms in total. The van der Waals surface area contributed by atoms with Crippen molar-refractivity contribution in [1.29, 1.82) is 0 Å². The zero-order chi connectivity index (χ0) is 19.9. The van der Waals surface area contributed by atoms with E-state index in [0.29, 0.717) is 41.5 Å². The first kappa shape index (κ1) is 20.2. The number of nitrogen functional groups attached to an aromatic ring is 1. The topological polar surface area (TPSA) is 57.4 Å². The normalized spacial score (nSPS) is 14.6. The molecule has 1 aromatic carbocycles. The van der Waals surface area contributed by atoms with Gasteiger partial charge in [0.15, 0.2) is 11.5 Å². The third-order valence-corrected chi connectivity index (χ3v) is 5.46. The molecule has 3 rings (SSSR count). The van der Waals surface area contributed by atoms with E-state index in [2.05, 4.69) is 11.6 Å². The molecule has 5 heteroatoms. The molecule has 0 saturated heterocycles. The first-order valence-corrected chi connectivity index (χ1v) is 9.96. The molecule has 1 fully saturated rings. The molecule has 0 spiro atoms. The SMILES string of the molecule is C=C(Cc1cc(OC)c(OCCC2CCCCC2)cc1F)c1cccnc1N.[HH]. The monoisotopic (exact) mass is 386 g/mol. The number of methoxy groups -OCH3 is 1. The van der Waals surface area contributed by atoms with Crippen LogP contribution >= 0.6 is 0 Å². The first-order chi connectivity index (χ1) is 13.6. The van der Waals surface area contributed by atoms with E-state index in [0.717, 1.165) is 17.9 Å². The third kappa shape index (κ3) is 5.03. The molecule has 1 aliphatic rings. The number of rotatable bonds is 8. The number of halogens is 1. The molecule has 152 valence electrons. The second-order valence-corrected chi connectivity index (χ2v) is 7.45. The maximum Gasteiger partial charge on any atom is 0.164 e. The van der Waals surface area contributed by atoms with E-state index >= 15 is 0 Å². The largest absolute Gasteiger partial charge is 0.493 e. The van der Waals surface area contributed by atoms with Gasteiger partial charge >= 0.3 is 0 Å². The minimum absolute atomic E-state index is 0. The fourth-order valence-electron chi connectivity index (χ4n) is 3.84. The molecule has 0 bridgehead atoms. The summed E-state index contributed by atoms with van der Waals surface area (Å²) in [5.74, 6) is 1.76. The maximum absolute atomic E-state index is 14.7. The highest BCUT2D eigenvalue weighted by Gasteiger charge is 2.16. The van der Waals surface area contributed by atoms with Crippen molar-refractivity contribution in [2.45, 2.75) is 44.9 Å². The fraction of sp³-hybridized carbons (Fsp3) is 0.435. The van der Waals surface area contributed by atoms with Crippen LogP contribution in [0.25, 0.3) is 5.57 Å². The van der Waals surface area contributed by atoms with Crippen molar-refractivity contribution in [2.24, 2.45) is 5.92 Å². The molecule has 0 atom stereocenters. The van der Waals surface area contributed by atoms with Gasteiger partial charge in [0, 0.05) is 25.7 Å². The number of ether oxygens (including phenoxy) is 2. The van der Waals surface area contributed by atoms with Gasteiger partial charge in [0.25, 0.3) is 0 Å². The summed E-state index contributed by atoms with van der Waals surface area (Å²) < 4.78 is 26.0. The molecule has 0 amide bonds. The molecular weight excluding hydrogens is 355 g/mol. The molecule has 1 aliphatic carbocycles. The van der Waals surface area contributed by atoms with E-state index in [4.69, 9.17) is 15.2 Å². The second-order valence-electron chi connectivity index (χ2n) is 7.45. The van der Waals surface area contributed by atoms with Crippen LogP contribution in [0.15, 0.2) is 37.0 Å². The number of hydrogen-bond acceptors (Lipinski definition) is 4. The van der Waals surface area contributed by atoms with Crippen molar-refractivity contribution in [3.05, 3.63) is 54.0 Å². The fourth-order valence-corrected chi connectivity index (χ4v) is 3.84. The van der Waals surface area contributed by atoms with Crippen LogP contribution in [0.3, 0.4) is 0 Å². The van der Waals surface area contributed by atoms with Crippen molar-refractivity contribution in [2.75, 3.05) is 19.5 Å². The maximum atomic E-state index is 14.7. The van der Waals surface area contributed by atoms with Gasteiger partial charge in [0.2, 0.25) is 0 Å².